The molecule has 0 saturated carbocycles. The molecule has 1 unspecified atom stereocenters. The monoisotopic (exact) mass is 359 g/mol. The number of hydrazine groups is 1. The van der Waals surface area contributed by atoms with Crippen LogP contribution in [0.3, 0.4) is 0 Å². The molecule has 0 bridgehead atoms. The Morgan fingerprint density at radius 1 is 1.43 bits per heavy atom. The van der Waals surface area contributed by atoms with Gasteiger partial charge in [-0.25, -0.2) is 4.39 Å². The van der Waals surface area contributed by atoms with E-state index in [-0.39, 0.29) is 17.4 Å². The average Bonchev–Trinajstić information content (AvgIpc) is 2.49. The molecule has 1 fully saturated rings. The molecule has 1 aromatic rings. The summed E-state index contributed by atoms with van der Waals surface area (Å²) in [6.45, 7) is 7.67. The second-order valence-electron chi connectivity index (χ2n) is 5.92. The first-order valence-electron chi connectivity index (χ1n) is 7.18. The maximum Gasteiger partial charge on any atom is 0.137 e. The summed E-state index contributed by atoms with van der Waals surface area (Å²) in [5, 5.41) is 0. The van der Waals surface area contributed by atoms with Crippen LogP contribution in [0.25, 0.3) is 0 Å². The fraction of sp³-hybridized carbons (Fsp3) is 0.600. The van der Waals surface area contributed by atoms with Crippen LogP contribution < -0.4 is 11.3 Å². The van der Waals surface area contributed by atoms with Crippen LogP contribution in [0.15, 0.2) is 22.7 Å². The van der Waals surface area contributed by atoms with Crippen LogP contribution in [0, 0.1) is 5.82 Å². The number of ether oxygens (including phenoxy) is 1. The highest BCUT2D eigenvalue weighted by Crippen LogP contribution is 2.24. The van der Waals surface area contributed by atoms with Crippen molar-refractivity contribution in [3.05, 3.63) is 34.1 Å². The van der Waals surface area contributed by atoms with Crippen molar-refractivity contribution in [1.29, 1.82) is 0 Å². The smallest absolute Gasteiger partial charge is 0.137 e. The van der Waals surface area contributed by atoms with E-state index in [1.54, 1.807) is 6.07 Å². The number of halogens is 2. The van der Waals surface area contributed by atoms with Gasteiger partial charge in [0.25, 0.3) is 0 Å². The molecule has 21 heavy (non-hydrogen) atoms. The van der Waals surface area contributed by atoms with Gasteiger partial charge in [0.15, 0.2) is 0 Å². The van der Waals surface area contributed by atoms with Gasteiger partial charge in [-0.15, -0.1) is 0 Å². The third-order valence-electron chi connectivity index (χ3n) is 4.30. The molecule has 0 spiro atoms. The topological polar surface area (TPSA) is 50.5 Å². The first-order chi connectivity index (χ1) is 9.95. The fourth-order valence-electron chi connectivity index (χ4n) is 2.77. The number of rotatable bonds is 5. The van der Waals surface area contributed by atoms with E-state index in [0.717, 1.165) is 38.3 Å². The summed E-state index contributed by atoms with van der Waals surface area (Å²) < 4.78 is 19.2. The Hall–Kier alpha value is -0.530. The summed E-state index contributed by atoms with van der Waals surface area (Å²) in [6, 6.07) is 5.16. The molecule has 0 radical (unpaired) electrons. The number of nitrogens with one attached hydrogen (secondary N) is 1. The minimum Gasteiger partial charge on any atom is -0.379 e. The largest absolute Gasteiger partial charge is 0.379 e. The Labute approximate surface area is 133 Å². The minimum absolute atomic E-state index is 0.0629. The Bertz CT molecular complexity index is 478. The maximum absolute atomic E-state index is 13.3. The van der Waals surface area contributed by atoms with Gasteiger partial charge >= 0.3 is 0 Å². The highest BCUT2D eigenvalue weighted by molar-refractivity contribution is 9.10. The summed E-state index contributed by atoms with van der Waals surface area (Å²) in [7, 11) is 0. The zero-order chi connectivity index (χ0) is 15.5. The van der Waals surface area contributed by atoms with E-state index in [0.29, 0.717) is 4.47 Å². The molecule has 4 nitrogen and oxygen atoms in total. The quantitative estimate of drug-likeness (QED) is 0.624. The summed E-state index contributed by atoms with van der Waals surface area (Å²) in [4.78, 5) is 2.39. The van der Waals surface area contributed by atoms with Crippen molar-refractivity contribution in [2.75, 3.05) is 26.3 Å². The van der Waals surface area contributed by atoms with Crippen molar-refractivity contribution in [3.8, 4) is 0 Å². The average molecular weight is 360 g/mol. The zero-order valence-electron chi connectivity index (χ0n) is 12.5. The molecule has 1 atom stereocenters. The van der Waals surface area contributed by atoms with Gasteiger partial charge in [0.2, 0.25) is 0 Å². The Balaban J connectivity index is 2.12. The summed E-state index contributed by atoms with van der Waals surface area (Å²) >= 11 is 3.23. The Morgan fingerprint density at radius 3 is 2.67 bits per heavy atom. The van der Waals surface area contributed by atoms with Gasteiger partial charge in [-0.2, -0.15) is 0 Å². The first-order valence-corrected chi connectivity index (χ1v) is 7.97. The molecular formula is C15H23BrFN3O. The van der Waals surface area contributed by atoms with Crippen molar-refractivity contribution in [2.45, 2.75) is 31.8 Å². The Kier molecular flexibility index (Phi) is 5.73. The zero-order valence-corrected chi connectivity index (χ0v) is 14.1. The number of nitrogens with zero attached hydrogens (tertiary/aromatic N) is 1. The molecule has 1 aromatic carbocycles. The highest BCUT2D eigenvalue weighted by atomic mass is 79.9. The predicted octanol–water partition coefficient (Wildman–Crippen LogP) is 2.07. The second-order valence-corrected chi connectivity index (χ2v) is 6.78. The van der Waals surface area contributed by atoms with E-state index in [2.05, 4.69) is 40.1 Å². The van der Waals surface area contributed by atoms with E-state index in [4.69, 9.17) is 10.6 Å². The normalized spacial score (nSPS) is 18.7. The molecule has 1 aliphatic heterocycles. The van der Waals surface area contributed by atoms with Crippen molar-refractivity contribution in [3.63, 3.8) is 0 Å². The third-order valence-corrected chi connectivity index (χ3v) is 4.91. The number of benzene rings is 1. The fourth-order valence-corrected chi connectivity index (χ4v) is 3.20. The van der Waals surface area contributed by atoms with E-state index in [1.165, 1.54) is 6.07 Å². The first kappa shape index (κ1) is 16.8. The molecule has 6 heteroatoms. The number of hydrogen-bond acceptors (Lipinski definition) is 4. The molecule has 3 N–H and O–H groups in total. The van der Waals surface area contributed by atoms with E-state index in [1.807, 2.05) is 6.07 Å². The number of morpholine rings is 1. The van der Waals surface area contributed by atoms with Crippen LogP contribution in [-0.4, -0.2) is 42.8 Å². The second kappa shape index (κ2) is 7.15. The van der Waals surface area contributed by atoms with E-state index >= 15 is 0 Å². The summed E-state index contributed by atoms with van der Waals surface area (Å²) in [5.74, 6) is 5.54. The van der Waals surface area contributed by atoms with Gasteiger partial charge in [0.05, 0.1) is 17.7 Å². The van der Waals surface area contributed by atoms with Crippen LogP contribution >= 0.6 is 15.9 Å². The molecule has 2 rings (SSSR count). The molecule has 1 saturated heterocycles. The Morgan fingerprint density at radius 2 is 2.10 bits per heavy atom. The van der Waals surface area contributed by atoms with E-state index in [9.17, 15) is 4.39 Å². The molecule has 1 aliphatic rings. The van der Waals surface area contributed by atoms with Gasteiger partial charge in [0, 0.05) is 24.7 Å². The third kappa shape index (κ3) is 4.02. The molecule has 118 valence electrons. The highest BCUT2D eigenvalue weighted by Gasteiger charge is 2.35. The molecule has 0 aliphatic carbocycles. The van der Waals surface area contributed by atoms with Gasteiger partial charge in [-0.3, -0.25) is 16.2 Å². The van der Waals surface area contributed by atoms with Gasteiger partial charge in [0.1, 0.15) is 5.82 Å². The van der Waals surface area contributed by atoms with Crippen LogP contribution in [0.1, 0.15) is 19.4 Å². The van der Waals surface area contributed by atoms with Crippen molar-refractivity contribution in [1.82, 2.24) is 10.3 Å². The lowest BCUT2D eigenvalue weighted by atomic mass is 9.87. The van der Waals surface area contributed by atoms with Gasteiger partial charge in [-0.1, -0.05) is 6.07 Å². The minimum atomic E-state index is -0.247. The lowest BCUT2D eigenvalue weighted by Gasteiger charge is -2.45. The van der Waals surface area contributed by atoms with Gasteiger partial charge in [-0.05, 0) is 53.9 Å². The van der Waals surface area contributed by atoms with Crippen molar-refractivity contribution >= 4 is 15.9 Å². The van der Waals surface area contributed by atoms with Crippen LogP contribution in [0.5, 0.6) is 0 Å². The van der Waals surface area contributed by atoms with Crippen molar-refractivity contribution in [2.24, 2.45) is 5.84 Å². The molecule has 1 heterocycles. The van der Waals surface area contributed by atoms with Crippen LogP contribution in [-0.2, 0) is 11.2 Å². The lowest BCUT2D eigenvalue weighted by molar-refractivity contribution is -0.0233. The molecule has 0 aromatic heterocycles. The van der Waals surface area contributed by atoms with E-state index < -0.39 is 0 Å². The number of hydrogen-bond donors (Lipinski definition) is 2. The summed E-state index contributed by atoms with van der Waals surface area (Å²) in [5.41, 5.74) is 3.87. The number of nitrogens with two attached hydrogens (primary N) is 1. The lowest BCUT2D eigenvalue weighted by Crippen LogP contribution is -2.62. The van der Waals surface area contributed by atoms with Crippen LogP contribution in [0.4, 0.5) is 4.39 Å². The summed E-state index contributed by atoms with van der Waals surface area (Å²) in [6.07, 6.45) is 0.736. The maximum atomic E-state index is 13.3. The van der Waals surface area contributed by atoms with Crippen LogP contribution in [0.2, 0.25) is 0 Å². The SMILES string of the molecule is CC(C)(C(Cc1ccc(F)c(Br)c1)NN)N1CCOCC1. The van der Waals surface area contributed by atoms with Crippen molar-refractivity contribution < 1.29 is 9.13 Å². The molecule has 0 amide bonds. The predicted molar refractivity (Wildman–Crippen MR) is 85.4 cm³/mol. The molecular weight excluding hydrogens is 337 g/mol. The standard InChI is InChI=1S/C15H23BrFN3O/c1-15(2,20-5-7-21-8-6-20)14(19-18)10-11-3-4-13(17)12(16)9-11/h3-4,9,14,19H,5-8,10,18H2,1-2H3. The van der Waals surface area contributed by atoms with Gasteiger partial charge < -0.3 is 4.74 Å².